The van der Waals surface area contributed by atoms with Gasteiger partial charge in [-0.3, -0.25) is 4.79 Å². The SMILES string of the molecule is CC(C)(C)[C@@H]1CCc2c(sc(N=Cc3ccc(OCc4ccc(Cl)cc4)cc3)c2C(=O)NCc2ccco2)C1. The summed E-state index contributed by atoms with van der Waals surface area (Å²) in [5, 5.41) is 4.50. The minimum atomic E-state index is -0.101. The van der Waals surface area contributed by atoms with Gasteiger partial charge in [0.2, 0.25) is 0 Å². The maximum absolute atomic E-state index is 13.4. The summed E-state index contributed by atoms with van der Waals surface area (Å²) in [6, 6.07) is 19.1. The van der Waals surface area contributed by atoms with Crippen LogP contribution in [0.5, 0.6) is 5.75 Å². The predicted octanol–water partition coefficient (Wildman–Crippen LogP) is 8.41. The number of amides is 1. The molecule has 4 aromatic rings. The number of hydrogen-bond acceptors (Lipinski definition) is 5. The van der Waals surface area contributed by atoms with E-state index in [0.29, 0.717) is 29.7 Å². The Morgan fingerprint density at radius 1 is 1.15 bits per heavy atom. The Bertz CT molecular complexity index is 1430. The van der Waals surface area contributed by atoms with Crippen LogP contribution in [0, 0.1) is 11.3 Å². The zero-order valence-electron chi connectivity index (χ0n) is 22.5. The number of carbonyl (C=O) groups excluding carboxylic acids is 1. The van der Waals surface area contributed by atoms with Gasteiger partial charge in [-0.15, -0.1) is 11.3 Å². The average Bonchev–Trinajstić information content (AvgIpc) is 3.58. The molecule has 1 aliphatic carbocycles. The maximum atomic E-state index is 13.4. The van der Waals surface area contributed by atoms with E-state index in [0.717, 1.165) is 52.5 Å². The van der Waals surface area contributed by atoms with Gasteiger partial charge in [0.1, 0.15) is 23.1 Å². The molecule has 0 saturated heterocycles. The first-order valence-corrected chi connectivity index (χ1v) is 14.4. The van der Waals surface area contributed by atoms with Crippen LogP contribution >= 0.6 is 22.9 Å². The van der Waals surface area contributed by atoms with E-state index < -0.39 is 0 Å². The van der Waals surface area contributed by atoms with Gasteiger partial charge in [0.15, 0.2) is 0 Å². The molecule has 0 fully saturated rings. The summed E-state index contributed by atoms with van der Waals surface area (Å²) in [6.07, 6.45) is 6.39. The smallest absolute Gasteiger partial charge is 0.255 e. The monoisotopic (exact) mass is 560 g/mol. The molecule has 2 heterocycles. The molecule has 1 atom stereocenters. The van der Waals surface area contributed by atoms with Crippen molar-refractivity contribution in [1.82, 2.24) is 5.32 Å². The lowest BCUT2D eigenvalue weighted by molar-refractivity contribution is 0.0947. The van der Waals surface area contributed by atoms with Gasteiger partial charge < -0.3 is 14.5 Å². The minimum absolute atomic E-state index is 0.101. The molecule has 1 N–H and O–H groups in total. The molecule has 2 aromatic carbocycles. The number of nitrogens with one attached hydrogen (secondary N) is 1. The van der Waals surface area contributed by atoms with Crippen molar-refractivity contribution < 1.29 is 13.9 Å². The average molecular weight is 561 g/mol. The van der Waals surface area contributed by atoms with Crippen LogP contribution in [-0.2, 0) is 26.0 Å². The highest BCUT2D eigenvalue weighted by molar-refractivity contribution is 7.16. The second-order valence-corrected chi connectivity index (χ2v) is 12.5. The first-order chi connectivity index (χ1) is 18.8. The van der Waals surface area contributed by atoms with Crippen molar-refractivity contribution >= 4 is 40.1 Å². The van der Waals surface area contributed by atoms with Crippen LogP contribution in [0.25, 0.3) is 0 Å². The van der Waals surface area contributed by atoms with Crippen molar-refractivity contribution in [3.05, 3.63) is 105 Å². The molecule has 5 nitrogen and oxygen atoms in total. The van der Waals surface area contributed by atoms with Crippen molar-refractivity contribution in [3.8, 4) is 5.75 Å². The Morgan fingerprint density at radius 2 is 1.92 bits per heavy atom. The molecule has 0 spiro atoms. The highest BCUT2D eigenvalue weighted by atomic mass is 35.5. The summed E-state index contributed by atoms with van der Waals surface area (Å²) in [4.78, 5) is 19.5. The number of thiophene rings is 1. The lowest BCUT2D eigenvalue weighted by Gasteiger charge is -2.33. The molecular weight excluding hydrogens is 528 g/mol. The Hall–Kier alpha value is -3.35. The first-order valence-electron chi connectivity index (χ1n) is 13.2. The summed E-state index contributed by atoms with van der Waals surface area (Å²) in [5.41, 5.74) is 4.07. The summed E-state index contributed by atoms with van der Waals surface area (Å²) in [6.45, 7) is 7.72. The molecule has 5 rings (SSSR count). The van der Waals surface area contributed by atoms with Gasteiger partial charge in [-0.2, -0.15) is 0 Å². The number of aliphatic imine (C=N–C) groups is 1. The molecule has 1 aliphatic rings. The maximum Gasteiger partial charge on any atom is 0.255 e. The van der Waals surface area contributed by atoms with Crippen LogP contribution in [0.4, 0.5) is 5.00 Å². The van der Waals surface area contributed by atoms with Crippen LogP contribution in [0.1, 0.15) is 64.9 Å². The first kappa shape index (κ1) is 27.2. The lowest BCUT2D eigenvalue weighted by atomic mass is 9.72. The summed E-state index contributed by atoms with van der Waals surface area (Å²) < 4.78 is 11.3. The van der Waals surface area contributed by atoms with E-state index in [-0.39, 0.29) is 11.3 Å². The number of rotatable bonds is 8. The second kappa shape index (κ2) is 11.8. The van der Waals surface area contributed by atoms with Crippen molar-refractivity contribution in [2.24, 2.45) is 16.3 Å². The molecule has 0 bridgehead atoms. The number of ether oxygens (including phenoxy) is 1. The molecular formula is C32H33ClN2O3S. The molecule has 7 heteroatoms. The molecule has 0 unspecified atom stereocenters. The Labute approximate surface area is 238 Å². The topological polar surface area (TPSA) is 63.8 Å². The van der Waals surface area contributed by atoms with Gasteiger partial charge in [-0.1, -0.05) is 44.5 Å². The van der Waals surface area contributed by atoms with Gasteiger partial charge in [-0.05, 0) is 95.8 Å². The number of halogens is 1. The summed E-state index contributed by atoms with van der Waals surface area (Å²) in [5.74, 6) is 1.99. The van der Waals surface area contributed by atoms with E-state index in [9.17, 15) is 4.79 Å². The highest BCUT2D eigenvalue weighted by Crippen LogP contribution is 2.45. The van der Waals surface area contributed by atoms with Crippen LogP contribution in [-0.4, -0.2) is 12.1 Å². The summed E-state index contributed by atoms with van der Waals surface area (Å²) >= 11 is 7.61. The molecule has 0 aliphatic heterocycles. The quantitative estimate of drug-likeness (QED) is 0.220. The number of fused-ring (bicyclic) bond motifs is 1. The van der Waals surface area contributed by atoms with E-state index in [1.54, 1.807) is 17.6 Å². The third-order valence-corrected chi connectivity index (χ3v) is 8.65. The van der Waals surface area contributed by atoms with Crippen molar-refractivity contribution in [1.29, 1.82) is 0 Å². The van der Waals surface area contributed by atoms with Crippen molar-refractivity contribution in [2.45, 2.75) is 53.2 Å². The zero-order valence-corrected chi connectivity index (χ0v) is 24.1. The third-order valence-electron chi connectivity index (χ3n) is 7.23. The standard InChI is InChI=1S/C32H33ClN2O3S/c1-32(2,3)23-10-15-27-28(17-23)39-31(29(27)30(36)34-19-26-5-4-16-37-26)35-18-21-8-13-25(14-9-21)38-20-22-6-11-24(33)12-7-22/h4-9,11-14,16,18,23H,10,15,17,19-20H2,1-3H3,(H,34,36)/t23-/m1/s1. The molecule has 0 radical (unpaired) electrons. The fourth-order valence-electron chi connectivity index (χ4n) is 4.84. The van der Waals surface area contributed by atoms with Gasteiger partial charge in [0.05, 0.1) is 18.4 Å². The number of carbonyl (C=O) groups is 1. The molecule has 0 saturated carbocycles. The van der Waals surface area contributed by atoms with Gasteiger partial charge in [-0.25, -0.2) is 4.99 Å². The van der Waals surface area contributed by atoms with E-state index in [2.05, 4.69) is 26.1 Å². The molecule has 39 heavy (non-hydrogen) atoms. The van der Waals surface area contributed by atoms with Crippen LogP contribution in [0.15, 0.2) is 76.3 Å². The van der Waals surface area contributed by atoms with E-state index >= 15 is 0 Å². The zero-order chi connectivity index (χ0) is 27.4. The Balaban J connectivity index is 1.33. The summed E-state index contributed by atoms with van der Waals surface area (Å²) in [7, 11) is 0. The van der Waals surface area contributed by atoms with Gasteiger partial charge in [0, 0.05) is 16.1 Å². The highest BCUT2D eigenvalue weighted by Gasteiger charge is 2.33. The lowest BCUT2D eigenvalue weighted by Crippen LogP contribution is -2.28. The predicted molar refractivity (Wildman–Crippen MR) is 159 cm³/mol. The van der Waals surface area contributed by atoms with E-state index in [1.807, 2.05) is 66.9 Å². The van der Waals surface area contributed by atoms with Crippen molar-refractivity contribution in [2.75, 3.05) is 0 Å². The number of furan rings is 1. The fourth-order valence-corrected chi connectivity index (χ4v) is 6.23. The van der Waals surface area contributed by atoms with E-state index in [4.69, 9.17) is 25.7 Å². The van der Waals surface area contributed by atoms with Gasteiger partial charge >= 0.3 is 0 Å². The second-order valence-electron chi connectivity index (χ2n) is 11.0. The minimum Gasteiger partial charge on any atom is -0.489 e. The van der Waals surface area contributed by atoms with Crippen LogP contribution in [0.3, 0.4) is 0 Å². The number of hydrogen-bond donors (Lipinski definition) is 1. The molecule has 1 amide bonds. The van der Waals surface area contributed by atoms with E-state index in [1.165, 1.54) is 4.88 Å². The van der Waals surface area contributed by atoms with Gasteiger partial charge in [0.25, 0.3) is 5.91 Å². The van der Waals surface area contributed by atoms with Crippen LogP contribution < -0.4 is 10.1 Å². The largest absolute Gasteiger partial charge is 0.489 e. The third kappa shape index (κ3) is 6.81. The number of benzene rings is 2. The molecule has 2 aromatic heterocycles. The Kier molecular flexibility index (Phi) is 8.24. The normalized spacial score (nSPS) is 15.3. The number of nitrogens with zero attached hydrogens (tertiary/aromatic N) is 1. The van der Waals surface area contributed by atoms with Crippen LogP contribution in [0.2, 0.25) is 5.02 Å². The fraction of sp³-hybridized carbons (Fsp3) is 0.312. The molecule has 202 valence electrons. The van der Waals surface area contributed by atoms with Crippen molar-refractivity contribution in [3.63, 3.8) is 0 Å². The Morgan fingerprint density at radius 3 is 2.62 bits per heavy atom.